The van der Waals surface area contributed by atoms with Gasteiger partial charge in [0.2, 0.25) is 0 Å². The second kappa shape index (κ2) is 6.49. The molecule has 14 heavy (non-hydrogen) atoms. The molecular formula is C11H22N2S. The van der Waals surface area contributed by atoms with Gasteiger partial charge in [0.05, 0.1) is 0 Å². The molecule has 1 saturated heterocycles. The maximum Gasteiger partial charge on any atom is 0.0164 e. The summed E-state index contributed by atoms with van der Waals surface area (Å²) in [7, 11) is 0. The molecule has 0 aromatic carbocycles. The van der Waals surface area contributed by atoms with Gasteiger partial charge in [-0.25, -0.2) is 0 Å². The van der Waals surface area contributed by atoms with E-state index in [1.54, 1.807) is 0 Å². The first kappa shape index (κ1) is 12.1. The smallest absolute Gasteiger partial charge is 0.0164 e. The fourth-order valence-electron chi connectivity index (χ4n) is 1.76. The van der Waals surface area contributed by atoms with Crippen LogP contribution in [0.4, 0.5) is 0 Å². The van der Waals surface area contributed by atoms with Gasteiger partial charge in [0.25, 0.3) is 0 Å². The maximum atomic E-state index is 4.15. The zero-order valence-electron chi connectivity index (χ0n) is 9.32. The second-order valence-corrected chi connectivity index (χ2v) is 4.45. The third-order valence-electron chi connectivity index (χ3n) is 2.77. The van der Waals surface area contributed by atoms with E-state index in [0.717, 1.165) is 12.3 Å². The molecule has 0 aromatic rings. The van der Waals surface area contributed by atoms with E-state index in [1.165, 1.54) is 26.2 Å². The third-order valence-corrected chi connectivity index (χ3v) is 2.98. The predicted octanol–water partition coefficient (Wildman–Crippen LogP) is 1.50. The second-order valence-electron chi connectivity index (χ2n) is 4.08. The largest absolute Gasteiger partial charge is 0.298 e. The molecular weight excluding hydrogens is 192 g/mol. The highest BCUT2D eigenvalue weighted by atomic mass is 32.1. The first-order valence-corrected chi connectivity index (χ1v) is 6.09. The van der Waals surface area contributed by atoms with Crippen molar-refractivity contribution in [3.05, 3.63) is 12.2 Å². The van der Waals surface area contributed by atoms with Gasteiger partial charge in [-0.3, -0.25) is 9.80 Å². The molecule has 0 unspecified atom stereocenters. The Kier molecular flexibility index (Phi) is 5.60. The monoisotopic (exact) mass is 214 g/mol. The topological polar surface area (TPSA) is 6.48 Å². The van der Waals surface area contributed by atoms with Crippen molar-refractivity contribution in [2.75, 3.05) is 38.5 Å². The molecule has 0 aromatic heterocycles. The van der Waals surface area contributed by atoms with Gasteiger partial charge in [-0.1, -0.05) is 12.2 Å². The van der Waals surface area contributed by atoms with Gasteiger partial charge in [-0.2, -0.15) is 12.6 Å². The molecule has 1 heterocycles. The Morgan fingerprint density at radius 3 is 2.29 bits per heavy atom. The Hall–Kier alpha value is 0.01000. The van der Waals surface area contributed by atoms with Crippen molar-refractivity contribution in [2.24, 2.45) is 0 Å². The fourth-order valence-corrected chi connectivity index (χ4v) is 1.91. The molecule has 82 valence electrons. The fraction of sp³-hybridized carbons (Fsp3) is 0.818. The van der Waals surface area contributed by atoms with Crippen LogP contribution in [0.5, 0.6) is 0 Å². The zero-order chi connectivity index (χ0) is 10.4. The lowest BCUT2D eigenvalue weighted by Gasteiger charge is -2.36. The summed E-state index contributed by atoms with van der Waals surface area (Å²) >= 11 is 4.15. The minimum Gasteiger partial charge on any atom is -0.298 e. The minimum atomic E-state index is 0.699. The van der Waals surface area contributed by atoms with Crippen molar-refractivity contribution >= 4 is 12.6 Å². The van der Waals surface area contributed by atoms with E-state index in [0.29, 0.717) is 6.04 Å². The molecule has 0 radical (unpaired) electrons. The van der Waals surface area contributed by atoms with Gasteiger partial charge in [0.15, 0.2) is 0 Å². The highest BCUT2D eigenvalue weighted by Gasteiger charge is 2.17. The molecule has 0 amide bonds. The van der Waals surface area contributed by atoms with Gasteiger partial charge in [0.1, 0.15) is 0 Å². The first-order valence-electron chi connectivity index (χ1n) is 5.46. The summed E-state index contributed by atoms with van der Waals surface area (Å²) in [5.74, 6) is 0.853. The average Bonchev–Trinajstić information content (AvgIpc) is 2.19. The van der Waals surface area contributed by atoms with Crippen molar-refractivity contribution in [2.45, 2.75) is 19.9 Å². The van der Waals surface area contributed by atoms with Crippen molar-refractivity contribution in [3.63, 3.8) is 0 Å². The molecule has 1 fully saturated rings. The summed E-state index contributed by atoms with van der Waals surface area (Å²) in [6.07, 6.45) is 4.34. The normalized spacial score (nSPS) is 21.1. The van der Waals surface area contributed by atoms with Crippen LogP contribution in [0.25, 0.3) is 0 Å². The van der Waals surface area contributed by atoms with Gasteiger partial charge in [-0.15, -0.1) is 0 Å². The molecule has 0 atom stereocenters. The van der Waals surface area contributed by atoms with Gasteiger partial charge >= 0.3 is 0 Å². The minimum absolute atomic E-state index is 0.699. The van der Waals surface area contributed by atoms with Crippen LogP contribution >= 0.6 is 12.6 Å². The SMILES string of the molecule is CC(C)N1CCN(CC=CCS)CC1. The van der Waals surface area contributed by atoms with E-state index in [-0.39, 0.29) is 0 Å². The van der Waals surface area contributed by atoms with Gasteiger partial charge in [0, 0.05) is 44.5 Å². The highest BCUT2D eigenvalue weighted by Crippen LogP contribution is 2.05. The Morgan fingerprint density at radius 2 is 1.79 bits per heavy atom. The summed E-state index contributed by atoms with van der Waals surface area (Å²) in [6, 6.07) is 0.699. The molecule has 1 aliphatic rings. The molecule has 1 rings (SSSR count). The lowest BCUT2D eigenvalue weighted by atomic mass is 10.2. The van der Waals surface area contributed by atoms with Crippen LogP contribution in [0, 0.1) is 0 Å². The summed E-state index contributed by atoms with van der Waals surface area (Å²) in [5.41, 5.74) is 0. The van der Waals surface area contributed by atoms with Gasteiger partial charge < -0.3 is 0 Å². The Morgan fingerprint density at radius 1 is 1.14 bits per heavy atom. The third kappa shape index (κ3) is 4.03. The lowest BCUT2D eigenvalue weighted by molar-refractivity contribution is 0.117. The predicted molar refractivity (Wildman–Crippen MR) is 66.1 cm³/mol. The molecule has 0 spiro atoms. The molecule has 2 nitrogen and oxygen atoms in total. The van der Waals surface area contributed by atoms with Crippen LogP contribution in [0.1, 0.15) is 13.8 Å². The Bertz CT molecular complexity index is 172. The molecule has 0 aliphatic carbocycles. The quantitative estimate of drug-likeness (QED) is 0.560. The summed E-state index contributed by atoms with van der Waals surface area (Å²) < 4.78 is 0. The van der Waals surface area contributed by atoms with Gasteiger partial charge in [-0.05, 0) is 13.8 Å². The summed E-state index contributed by atoms with van der Waals surface area (Å²) in [4.78, 5) is 5.04. The number of nitrogens with zero attached hydrogens (tertiary/aromatic N) is 2. The summed E-state index contributed by atoms with van der Waals surface area (Å²) in [5, 5.41) is 0. The number of rotatable bonds is 4. The van der Waals surface area contributed by atoms with Crippen LogP contribution in [-0.4, -0.2) is 54.3 Å². The van der Waals surface area contributed by atoms with E-state index in [4.69, 9.17) is 0 Å². The first-order chi connectivity index (χ1) is 6.74. The van der Waals surface area contributed by atoms with E-state index in [1.807, 2.05) is 0 Å². The van der Waals surface area contributed by atoms with E-state index >= 15 is 0 Å². The number of piperazine rings is 1. The van der Waals surface area contributed by atoms with Crippen molar-refractivity contribution in [3.8, 4) is 0 Å². The van der Waals surface area contributed by atoms with E-state index in [9.17, 15) is 0 Å². The molecule has 1 aliphatic heterocycles. The standard InChI is InChI=1S/C11H22N2S/c1-11(2)13-8-6-12(7-9-13)5-3-4-10-14/h3-4,11,14H,5-10H2,1-2H3. The zero-order valence-corrected chi connectivity index (χ0v) is 10.2. The number of hydrogen-bond donors (Lipinski definition) is 1. The molecule has 0 bridgehead atoms. The Balaban J connectivity index is 2.19. The maximum absolute atomic E-state index is 4.15. The Labute approximate surface area is 93.4 Å². The van der Waals surface area contributed by atoms with Crippen LogP contribution < -0.4 is 0 Å². The molecule has 0 N–H and O–H groups in total. The van der Waals surface area contributed by atoms with Crippen molar-refractivity contribution in [1.29, 1.82) is 0 Å². The average molecular weight is 214 g/mol. The molecule has 0 saturated carbocycles. The van der Waals surface area contributed by atoms with Crippen LogP contribution in [0.15, 0.2) is 12.2 Å². The van der Waals surface area contributed by atoms with E-state index < -0.39 is 0 Å². The van der Waals surface area contributed by atoms with Crippen LogP contribution in [0.3, 0.4) is 0 Å². The lowest BCUT2D eigenvalue weighted by Crippen LogP contribution is -2.48. The summed E-state index contributed by atoms with van der Waals surface area (Å²) in [6.45, 7) is 10.5. The van der Waals surface area contributed by atoms with Crippen LogP contribution in [0.2, 0.25) is 0 Å². The van der Waals surface area contributed by atoms with E-state index in [2.05, 4.69) is 48.4 Å². The van der Waals surface area contributed by atoms with Crippen LogP contribution in [-0.2, 0) is 0 Å². The highest BCUT2D eigenvalue weighted by molar-refractivity contribution is 7.80. The molecule has 3 heteroatoms. The number of hydrogen-bond acceptors (Lipinski definition) is 3. The van der Waals surface area contributed by atoms with Crippen molar-refractivity contribution in [1.82, 2.24) is 9.80 Å². The van der Waals surface area contributed by atoms with Crippen molar-refractivity contribution < 1.29 is 0 Å². The number of thiol groups is 1.